The highest BCUT2D eigenvalue weighted by Gasteiger charge is 2.28. The summed E-state index contributed by atoms with van der Waals surface area (Å²) < 4.78 is 25.6. The predicted octanol–water partition coefficient (Wildman–Crippen LogP) is 3.06. The Morgan fingerprint density at radius 2 is 1.92 bits per heavy atom. The Labute approximate surface area is 154 Å². The molecule has 0 amide bonds. The average molecular weight is 380 g/mol. The van der Waals surface area contributed by atoms with Crippen LogP contribution in [0.2, 0.25) is 0 Å². The lowest BCUT2D eigenvalue weighted by Crippen LogP contribution is -2.45. The number of piperidine rings is 1. The molecule has 1 saturated heterocycles. The van der Waals surface area contributed by atoms with Crippen LogP contribution in [0, 0.1) is 0 Å². The van der Waals surface area contributed by atoms with E-state index in [4.69, 9.17) is 0 Å². The van der Waals surface area contributed by atoms with Crippen LogP contribution in [-0.4, -0.2) is 54.5 Å². The second kappa shape index (κ2) is 7.95. The van der Waals surface area contributed by atoms with E-state index in [1.165, 1.54) is 10.4 Å². The highest BCUT2D eigenvalue weighted by Crippen LogP contribution is 2.27. The van der Waals surface area contributed by atoms with Crippen LogP contribution in [0.1, 0.15) is 24.8 Å². The van der Waals surface area contributed by atoms with Gasteiger partial charge in [0.15, 0.2) is 0 Å². The van der Waals surface area contributed by atoms with E-state index in [2.05, 4.69) is 22.0 Å². The van der Waals surface area contributed by atoms with Crippen molar-refractivity contribution in [3.8, 4) is 10.4 Å². The number of sulfonamides is 1. The molecule has 2 heterocycles. The molecular formula is C18H25N3O2S2. The molecule has 0 spiro atoms. The Morgan fingerprint density at radius 3 is 2.56 bits per heavy atom. The Bertz CT molecular complexity index is 782. The van der Waals surface area contributed by atoms with Crippen molar-refractivity contribution in [3.05, 3.63) is 41.5 Å². The third-order valence-electron chi connectivity index (χ3n) is 4.85. The number of likely N-dealkylation sites (tertiary alicyclic amines) is 1. The third kappa shape index (κ3) is 4.47. The summed E-state index contributed by atoms with van der Waals surface area (Å²) in [5.41, 5.74) is 1.20. The van der Waals surface area contributed by atoms with Crippen molar-refractivity contribution < 1.29 is 8.42 Å². The average Bonchev–Trinajstić information content (AvgIpc) is 3.11. The van der Waals surface area contributed by atoms with Gasteiger partial charge in [-0.05, 0) is 25.3 Å². The van der Waals surface area contributed by atoms with E-state index in [-0.39, 0.29) is 11.8 Å². The zero-order chi connectivity index (χ0) is 17.9. The van der Waals surface area contributed by atoms with E-state index in [1.54, 1.807) is 29.6 Å². The van der Waals surface area contributed by atoms with Gasteiger partial charge in [0, 0.05) is 32.4 Å². The molecule has 0 bridgehead atoms. The molecule has 2 aromatic rings. The minimum Gasteiger partial charge on any atom is -0.297 e. The van der Waals surface area contributed by atoms with Gasteiger partial charge >= 0.3 is 0 Å². The summed E-state index contributed by atoms with van der Waals surface area (Å²) >= 11 is 1.74. The second-order valence-electron chi connectivity index (χ2n) is 6.41. The van der Waals surface area contributed by atoms with Gasteiger partial charge in [-0.15, -0.1) is 11.3 Å². The fraction of sp³-hybridized carbons (Fsp3) is 0.500. The summed E-state index contributed by atoms with van der Waals surface area (Å²) in [5.74, 6) is 0.172. The molecule has 1 aromatic carbocycles. The predicted molar refractivity (Wildman–Crippen MR) is 103 cm³/mol. The van der Waals surface area contributed by atoms with Crippen LogP contribution in [0.5, 0.6) is 0 Å². The molecule has 7 heteroatoms. The van der Waals surface area contributed by atoms with E-state index < -0.39 is 10.0 Å². The number of benzene rings is 1. The first-order chi connectivity index (χ1) is 12.0. The normalized spacial score (nSPS) is 17.2. The van der Waals surface area contributed by atoms with Crippen molar-refractivity contribution in [2.24, 2.45) is 0 Å². The van der Waals surface area contributed by atoms with Gasteiger partial charge in [-0.3, -0.25) is 4.90 Å². The molecular weight excluding hydrogens is 354 g/mol. The SMILES string of the molecule is CCS(=O)(=O)N(C)C1CCN(Cc2ncc(-c3ccccc3)s2)CC1. The number of thiazole rings is 1. The standard InChI is InChI=1S/C18H25N3O2S2/c1-3-25(22,23)20(2)16-9-11-21(12-10-16)14-18-19-13-17(24-18)15-7-5-4-6-8-15/h4-8,13,16H,3,9-12,14H2,1-2H3. The molecule has 1 aliphatic rings. The van der Waals surface area contributed by atoms with Crippen LogP contribution in [0.4, 0.5) is 0 Å². The van der Waals surface area contributed by atoms with Crippen LogP contribution >= 0.6 is 11.3 Å². The first-order valence-electron chi connectivity index (χ1n) is 8.68. The summed E-state index contributed by atoms with van der Waals surface area (Å²) in [6, 6.07) is 10.4. The number of aromatic nitrogens is 1. The van der Waals surface area contributed by atoms with Crippen molar-refractivity contribution in [1.82, 2.24) is 14.2 Å². The number of hydrogen-bond donors (Lipinski definition) is 0. The smallest absolute Gasteiger partial charge is 0.213 e. The van der Waals surface area contributed by atoms with Crippen molar-refractivity contribution in [3.63, 3.8) is 0 Å². The van der Waals surface area contributed by atoms with Crippen molar-refractivity contribution in [2.75, 3.05) is 25.9 Å². The summed E-state index contributed by atoms with van der Waals surface area (Å²) in [4.78, 5) is 8.13. The van der Waals surface area contributed by atoms with E-state index in [9.17, 15) is 8.42 Å². The Kier molecular flexibility index (Phi) is 5.89. The zero-order valence-corrected chi connectivity index (χ0v) is 16.4. The molecule has 1 fully saturated rings. The molecule has 1 aliphatic heterocycles. The van der Waals surface area contributed by atoms with Crippen molar-refractivity contribution >= 4 is 21.4 Å². The molecule has 25 heavy (non-hydrogen) atoms. The van der Waals surface area contributed by atoms with E-state index in [1.807, 2.05) is 24.4 Å². The molecule has 3 rings (SSSR count). The van der Waals surface area contributed by atoms with E-state index in [0.717, 1.165) is 37.5 Å². The van der Waals surface area contributed by atoms with Gasteiger partial charge in [0.2, 0.25) is 10.0 Å². The fourth-order valence-corrected chi connectivity index (χ4v) is 5.22. The topological polar surface area (TPSA) is 53.5 Å². The molecule has 0 radical (unpaired) electrons. The molecule has 0 atom stereocenters. The van der Waals surface area contributed by atoms with E-state index in [0.29, 0.717) is 0 Å². The highest BCUT2D eigenvalue weighted by atomic mass is 32.2. The summed E-state index contributed by atoms with van der Waals surface area (Å²) in [6.07, 6.45) is 3.71. The quantitative estimate of drug-likeness (QED) is 0.774. The van der Waals surface area contributed by atoms with Gasteiger partial charge in [0.25, 0.3) is 0 Å². The molecule has 5 nitrogen and oxygen atoms in total. The highest BCUT2D eigenvalue weighted by molar-refractivity contribution is 7.89. The maximum atomic E-state index is 12.0. The Morgan fingerprint density at radius 1 is 1.24 bits per heavy atom. The van der Waals surface area contributed by atoms with Gasteiger partial charge in [0.1, 0.15) is 5.01 Å². The minimum atomic E-state index is -3.10. The number of nitrogens with zero attached hydrogens (tertiary/aromatic N) is 3. The minimum absolute atomic E-state index is 0.123. The monoisotopic (exact) mass is 379 g/mol. The fourth-order valence-electron chi connectivity index (χ4n) is 3.18. The second-order valence-corrected chi connectivity index (χ2v) is 9.84. The number of hydrogen-bond acceptors (Lipinski definition) is 5. The van der Waals surface area contributed by atoms with Gasteiger partial charge in [-0.2, -0.15) is 0 Å². The van der Waals surface area contributed by atoms with Crippen LogP contribution in [0.3, 0.4) is 0 Å². The van der Waals surface area contributed by atoms with E-state index >= 15 is 0 Å². The maximum Gasteiger partial charge on any atom is 0.213 e. The van der Waals surface area contributed by atoms with Gasteiger partial charge in [0.05, 0.1) is 17.2 Å². The zero-order valence-electron chi connectivity index (χ0n) is 14.8. The van der Waals surface area contributed by atoms with Crippen LogP contribution in [-0.2, 0) is 16.6 Å². The lowest BCUT2D eigenvalue weighted by Gasteiger charge is -2.35. The van der Waals surface area contributed by atoms with Crippen molar-refractivity contribution in [1.29, 1.82) is 0 Å². The van der Waals surface area contributed by atoms with Crippen LogP contribution in [0.25, 0.3) is 10.4 Å². The lowest BCUT2D eigenvalue weighted by atomic mass is 10.1. The van der Waals surface area contributed by atoms with Gasteiger partial charge in [-0.25, -0.2) is 17.7 Å². The first-order valence-corrected chi connectivity index (χ1v) is 11.1. The first kappa shape index (κ1) is 18.5. The molecule has 0 saturated carbocycles. The largest absolute Gasteiger partial charge is 0.297 e. The summed E-state index contributed by atoms with van der Waals surface area (Å²) in [7, 11) is -1.38. The molecule has 1 aromatic heterocycles. The molecule has 136 valence electrons. The summed E-state index contributed by atoms with van der Waals surface area (Å²) in [6.45, 7) is 4.37. The molecule has 0 unspecified atom stereocenters. The third-order valence-corrected chi connectivity index (χ3v) is 7.78. The maximum absolute atomic E-state index is 12.0. The lowest BCUT2D eigenvalue weighted by molar-refractivity contribution is 0.164. The summed E-state index contributed by atoms with van der Waals surface area (Å²) in [5, 5.41) is 1.12. The molecule has 0 aliphatic carbocycles. The van der Waals surface area contributed by atoms with Crippen molar-refractivity contribution in [2.45, 2.75) is 32.4 Å². The van der Waals surface area contributed by atoms with Crippen LogP contribution in [0.15, 0.2) is 36.5 Å². The Hall–Kier alpha value is -1.28. The number of rotatable bonds is 6. The van der Waals surface area contributed by atoms with Gasteiger partial charge < -0.3 is 0 Å². The Balaban J connectivity index is 1.56. The van der Waals surface area contributed by atoms with Gasteiger partial charge in [-0.1, -0.05) is 30.3 Å². The molecule has 0 N–H and O–H groups in total. The van der Waals surface area contributed by atoms with Crippen LogP contribution < -0.4 is 0 Å².